The summed E-state index contributed by atoms with van der Waals surface area (Å²) in [5, 5.41) is 3.75. The second-order valence-electron chi connectivity index (χ2n) is 3.54. The number of anilines is 2. The molecular formula is C12H13FN4S. The molecule has 0 radical (unpaired) electrons. The van der Waals surface area contributed by atoms with Crippen LogP contribution in [0.2, 0.25) is 0 Å². The molecule has 0 aliphatic carbocycles. The molecule has 6 heteroatoms. The first-order valence-electron chi connectivity index (χ1n) is 5.49. The van der Waals surface area contributed by atoms with E-state index < -0.39 is 0 Å². The molecule has 0 saturated carbocycles. The van der Waals surface area contributed by atoms with Crippen molar-refractivity contribution in [2.75, 3.05) is 17.6 Å². The van der Waals surface area contributed by atoms with Gasteiger partial charge in [-0.1, -0.05) is 17.8 Å². The van der Waals surface area contributed by atoms with Crippen LogP contribution >= 0.6 is 11.8 Å². The van der Waals surface area contributed by atoms with Crippen LogP contribution in [0.5, 0.6) is 0 Å². The summed E-state index contributed by atoms with van der Waals surface area (Å²) in [5.41, 5.74) is 5.62. The Bertz CT molecular complexity index is 547. The number of aromatic nitrogens is 2. The van der Waals surface area contributed by atoms with E-state index in [0.717, 1.165) is 11.4 Å². The van der Waals surface area contributed by atoms with E-state index >= 15 is 0 Å². The monoisotopic (exact) mass is 264 g/mol. The van der Waals surface area contributed by atoms with E-state index in [2.05, 4.69) is 15.3 Å². The standard InChI is InChI=1S/C12H13FN4S/c1-2-15-10-7-11(17-12(14)16-10)18-9-5-3-4-8(13)6-9/h3-7H,2H2,1H3,(H3,14,15,16,17). The zero-order chi connectivity index (χ0) is 13.0. The van der Waals surface area contributed by atoms with Crippen molar-refractivity contribution in [2.24, 2.45) is 0 Å². The van der Waals surface area contributed by atoms with Crippen LogP contribution < -0.4 is 11.1 Å². The Hall–Kier alpha value is -1.82. The Labute approximate surface area is 109 Å². The molecule has 0 spiro atoms. The van der Waals surface area contributed by atoms with Crippen molar-refractivity contribution < 1.29 is 4.39 Å². The maximum Gasteiger partial charge on any atom is 0.223 e. The fourth-order valence-corrected chi connectivity index (χ4v) is 2.29. The Morgan fingerprint density at radius 1 is 1.33 bits per heavy atom. The van der Waals surface area contributed by atoms with Gasteiger partial charge in [0.15, 0.2) is 0 Å². The highest BCUT2D eigenvalue weighted by molar-refractivity contribution is 7.99. The van der Waals surface area contributed by atoms with Crippen LogP contribution in [0.25, 0.3) is 0 Å². The van der Waals surface area contributed by atoms with Gasteiger partial charge in [0, 0.05) is 17.5 Å². The van der Waals surface area contributed by atoms with Crippen LogP contribution in [-0.2, 0) is 0 Å². The molecule has 18 heavy (non-hydrogen) atoms. The molecule has 2 rings (SSSR count). The van der Waals surface area contributed by atoms with Crippen LogP contribution in [-0.4, -0.2) is 16.5 Å². The minimum Gasteiger partial charge on any atom is -0.370 e. The van der Waals surface area contributed by atoms with Gasteiger partial charge in [0.05, 0.1) is 0 Å². The van der Waals surface area contributed by atoms with Crippen LogP contribution in [0.15, 0.2) is 40.3 Å². The Morgan fingerprint density at radius 2 is 2.17 bits per heavy atom. The number of nitrogens with one attached hydrogen (secondary N) is 1. The first kappa shape index (κ1) is 12.6. The first-order valence-corrected chi connectivity index (χ1v) is 6.31. The highest BCUT2D eigenvalue weighted by Gasteiger charge is 2.04. The highest BCUT2D eigenvalue weighted by atomic mass is 32.2. The van der Waals surface area contributed by atoms with Gasteiger partial charge in [-0.15, -0.1) is 0 Å². The molecule has 0 aliphatic heterocycles. The average molecular weight is 264 g/mol. The Kier molecular flexibility index (Phi) is 3.99. The van der Waals surface area contributed by atoms with E-state index in [1.165, 1.54) is 23.9 Å². The lowest BCUT2D eigenvalue weighted by atomic mass is 10.4. The van der Waals surface area contributed by atoms with Crippen molar-refractivity contribution >= 4 is 23.5 Å². The van der Waals surface area contributed by atoms with E-state index in [-0.39, 0.29) is 11.8 Å². The molecule has 1 aromatic heterocycles. The normalized spacial score (nSPS) is 10.3. The summed E-state index contributed by atoms with van der Waals surface area (Å²) >= 11 is 1.34. The summed E-state index contributed by atoms with van der Waals surface area (Å²) in [5.74, 6) is 0.602. The van der Waals surface area contributed by atoms with Gasteiger partial charge < -0.3 is 11.1 Å². The molecule has 2 aromatic rings. The van der Waals surface area contributed by atoms with Gasteiger partial charge >= 0.3 is 0 Å². The van der Waals surface area contributed by atoms with Crippen molar-refractivity contribution in [3.8, 4) is 0 Å². The van der Waals surface area contributed by atoms with E-state index in [4.69, 9.17) is 5.73 Å². The first-order chi connectivity index (χ1) is 8.67. The SMILES string of the molecule is CCNc1cc(Sc2cccc(F)c2)nc(N)n1. The molecule has 0 fully saturated rings. The second-order valence-corrected chi connectivity index (χ2v) is 4.63. The van der Waals surface area contributed by atoms with Crippen LogP contribution in [0.3, 0.4) is 0 Å². The summed E-state index contributed by atoms with van der Waals surface area (Å²) in [6.07, 6.45) is 0. The molecule has 4 nitrogen and oxygen atoms in total. The van der Waals surface area contributed by atoms with Crippen molar-refractivity contribution in [3.63, 3.8) is 0 Å². The Morgan fingerprint density at radius 3 is 2.89 bits per heavy atom. The van der Waals surface area contributed by atoms with Gasteiger partial charge in [-0.2, -0.15) is 4.98 Å². The lowest BCUT2D eigenvalue weighted by Gasteiger charge is -2.06. The molecule has 0 unspecified atom stereocenters. The molecule has 0 aliphatic rings. The summed E-state index contributed by atoms with van der Waals surface area (Å²) in [7, 11) is 0. The topological polar surface area (TPSA) is 63.8 Å². The van der Waals surface area contributed by atoms with Crippen LogP contribution in [0.1, 0.15) is 6.92 Å². The van der Waals surface area contributed by atoms with Gasteiger partial charge in [-0.05, 0) is 25.1 Å². The van der Waals surface area contributed by atoms with Crippen molar-refractivity contribution in [2.45, 2.75) is 16.8 Å². The second kappa shape index (κ2) is 5.68. The number of nitrogen functional groups attached to an aromatic ring is 1. The van der Waals surface area contributed by atoms with E-state index in [0.29, 0.717) is 10.8 Å². The van der Waals surface area contributed by atoms with Crippen molar-refractivity contribution in [1.82, 2.24) is 9.97 Å². The lowest BCUT2D eigenvalue weighted by molar-refractivity contribution is 0.624. The maximum absolute atomic E-state index is 13.1. The fourth-order valence-electron chi connectivity index (χ4n) is 1.42. The zero-order valence-electron chi connectivity index (χ0n) is 9.85. The maximum atomic E-state index is 13.1. The minimum atomic E-state index is -0.270. The van der Waals surface area contributed by atoms with E-state index in [1.54, 1.807) is 12.1 Å². The number of nitrogens with zero attached hydrogens (tertiary/aromatic N) is 2. The molecule has 0 amide bonds. The molecule has 0 bridgehead atoms. The molecule has 1 heterocycles. The van der Waals surface area contributed by atoms with E-state index in [1.807, 2.05) is 13.0 Å². The largest absolute Gasteiger partial charge is 0.370 e. The number of benzene rings is 1. The van der Waals surface area contributed by atoms with Gasteiger partial charge in [0.2, 0.25) is 5.95 Å². The molecule has 1 aromatic carbocycles. The minimum absolute atomic E-state index is 0.201. The number of rotatable bonds is 4. The number of hydrogen-bond donors (Lipinski definition) is 2. The van der Waals surface area contributed by atoms with Crippen molar-refractivity contribution in [3.05, 3.63) is 36.1 Å². The molecular weight excluding hydrogens is 251 g/mol. The quantitative estimate of drug-likeness (QED) is 0.831. The lowest BCUT2D eigenvalue weighted by Crippen LogP contribution is -2.03. The van der Waals surface area contributed by atoms with Gasteiger partial charge in [-0.25, -0.2) is 9.37 Å². The number of nitrogens with two attached hydrogens (primary N) is 1. The molecule has 0 atom stereocenters. The predicted molar refractivity (Wildman–Crippen MR) is 71.1 cm³/mol. The summed E-state index contributed by atoms with van der Waals surface area (Å²) in [6.45, 7) is 2.72. The van der Waals surface area contributed by atoms with Crippen LogP contribution in [0.4, 0.5) is 16.2 Å². The highest BCUT2D eigenvalue weighted by Crippen LogP contribution is 2.28. The fraction of sp³-hybridized carbons (Fsp3) is 0.167. The van der Waals surface area contributed by atoms with Gasteiger partial charge in [0.25, 0.3) is 0 Å². The number of hydrogen-bond acceptors (Lipinski definition) is 5. The molecule has 94 valence electrons. The summed E-state index contributed by atoms with van der Waals surface area (Å²) in [4.78, 5) is 8.93. The average Bonchev–Trinajstić information content (AvgIpc) is 2.28. The zero-order valence-corrected chi connectivity index (χ0v) is 10.7. The summed E-state index contributed by atoms with van der Waals surface area (Å²) in [6, 6.07) is 8.13. The van der Waals surface area contributed by atoms with Gasteiger partial charge in [-0.3, -0.25) is 0 Å². The third-order valence-electron chi connectivity index (χ3n) is 2.10. The molecule has 3 N–H and O–H groups in total. The molecule has 0 saturated heterocycles. The predicted octanol–water partition coefficient (Wildman–Crippen LogP) is 2.78. The van der Waals surface area contributed by atoms with Crippen molar-refractivity contribution in [1.29, 1.82) is 0 Å². The smallest absolute Gasteiger partial charge is 0.223 e. The third-order valence-corrected chi connectivity index (χ3v) is 3.00. The third kappa shape index (κ3) is 3.33. The summed E-state index contributed by atoms with van der Waals surface area (Å²) < 4.78 is 13.1. The Balaban J connectivity index is 2.23. The van der Waals surface area contributed by atoms with Crippen LogP contribution in [0, 0.1) is 5.82 Å². The number of halogens is 1. The van der Waals surface area contributed by atoms with E-state index in [9.17, 15) is 4.39 Å². The van der Waals surface area contributed by atoms with Gasteiger partial charge in [0.1, 0.15) is 16.7 Å².